The first kappa shape index (κ1) is 13.6. The van der Waals surface area contributed by atoms with Gasteiger partial charge < -0.3 is 14.4 Å². The number of hydrogen-bond acceptors (Lipinski definition) is 4. The Bertz CT molecular complexity index is 766. The molecule has 0 bridgehead atoms. The molecular formula is C14H13ClN4O2. The fraction of sp³-hybridized carbons (Fsp3) is 0.214. The number of halogens is 1. The highest BCUT2D eigenvalue weighted by Crippen LogP contribution is 2.24. The Labute approximate surface area is 125 Å². The van der Waals surface area contributed by atoms with Crippen LogP contribution in [0.5, 0.6) is 0 Å². The highest BCUT2D eigenvalue weighted by molar-refractivity contribution is 6.35. The van der Waals surface area contributed by atoms with Crippen LogP contribution in [0.4, 0.5) is 0 Å². The van der Waals surface area contributed by atoms with Crippen LogP contribution in [-0.2, 0) is 6.42 Å². The van der Waals surface area contributed by atoms with Gasteiger partial charge in [-0.2, -0.15) is 4.98 Å². The quantitative estimate of drug-likeness (QED) is 0.803. The molecule has 3 rings (SSSR count). The number of benzene rings is 1. The Morgan fingerprint density at radius 1 is 1.48 bits per heavy atom. The highest BCUT2D eigenvalue weighted by Gasteiger charge is 2.15. The Hall–Kier alpha value is -2.34. The van der Waals surface area contributed by atoms with Gasteiger partial charge in [0.15, 0.2) is 5.82 Å². The molecular weight excluding hydrogens is 292 g/mol. The molecule has 0 saturated heterocycles. The number of rotatable bonds is 4. The van der Waals surface area contributed by atoms with E-state index in [1.165, 1.54) is 6.39 Å². The Kier molecular flexibility index (Phi) is 3.62. The summed E-state index contributed by atoms with van der Waals surface area (Å²) in [6.07, 6.45) is 1.82. The normalized spacial score (nSPS) is 11.0. The molecule has 0 atom stereocenters. The molecule has 1 N–H and O–H groups in total. The number of amides is 1. The molecule has 0 aliphatic carbocycles. The molecule has 1 amide bonds. The fourth-order valence-electron chi connectivity index (χ4n) is 2.11. The van der Waals surface area contributed by atoms with E-state index in [2.05, 4.69) is 19.6 Å². The van der Waals surface area contributed by atoms with E-state index in [-0.39, 0.29) is 5.91 Å². The van der Waals surface area contributed by atoms with Crippen LogP contribution in [-0.4, -0.2) is 39.5 Å². The Morgan fingerprint density at radius 3 is 3.05 bits per heavy atom. The molecule has 0 radical (unpaired) electrons. The minimum Gasteiger partial charge on any atom is -0.350 e. The van der Waals surface area contributed by atoms with Crippen LogP contribution < -0.4 is 0 Å². The van der Waals surface area contributed by atoms with Gasteiger partial charge >= 0.3 is 0 Å². The first-order valence-electron chi connectivity index (χ1n) is 6.43. The van der Waals surface area contributed by atoms with E-state index in [9.17, 15) is 4.79 Å². The van der Waals surface area contributed by atoms with Crippen molar-refractivity contribution in [1.82, 2.24) is 20.0 Å². The van der Waals surface area contributed by atoms with Crippen LogP contribution in [0.1, 0.15) is 16.3 Å². The summed E-state index contributed by atoms with van der Waals surface area (Å²) in [5.74, 6) is 0.472. The first-order valence-corrected chi connectivity index (χ1v) is 6.81. The first-order chi connectivity index (χ1) is 10.1. The summed E-state index contributed by atoms with van der Waals surface area (Å²) in [4.78, 5) is 21.0. The number of H-pyrrole nitrogens is 1. The van der Waals surface area contributed by atoms with Crippen molar-refractivity contribution in [2.45, 2.75) is 6.42 Å². The van der Waals surface area contributed by atoms with E-state index in [4.69, 9.17) is 11.6 Å². The molecule has 3 aromatic rings. The summed E-state index contributed by atoms with van der Waals surface area (Å²) in [6.45, 7) is 0.501. The van der Waals surface area contributed by atoms with Crippen molar-refractivity contribution in [3.8, 4) is 0 Å². The maximum absolute atomic E-state index is 12.4. The van der Waals surface area contributed by atoms with Gasteiger partial charge in [0, 0.05) is 35.9 Å². The summed E-state index contributed by atoms with van der Waals surface area (Å²) in [5, 5.41) is 5.18. The molecule has 0 unspecified atom stereocenters. The van der Waals surface area contributed by atoms with Crippen LogP contribution in [0.3, 0.4) is 0 Å². The number of carbonyl (C=O) groups is 1. The number of carbonyl (C=O) groups excluding carboxylic acids is 1. The van der Waals surface area contributed by atoms with E-state index < -0.39 is 0 Å². The SMILES string of the molecule is CN(CCc1ncon1)C(=O)c1cc2c(Cl)cccc2[nH]1. The third kappa shape index (κ3) is 2.75. The van der Waals surface area contributed by atoms with Crippen molar-refractivity contribution in [1.29, 1.82) is 0 Å². The van der Waals surface area contributed by atoms with E-state index in [1.54, 1.807) is 24.1 Å². The summed E-state index contributed by atoms with van der Waals surface area (Å²) in [5.41, 5.74) is 1.35. The summed E-state index contributed by atoms with van der Waals surface area (Å²) in [7, 11) is 1.73. The molecule has 0 aliphatic heterocycles. The second kappa shape index (κ2) is 5.57. The predicted octanol–water partition coefficient (Wildman–Crippen LogP) is 2.52. The molecule has 108 valence electrons. The van der Waals surface area contributed by atoms with Gasteiger partial charge in [-0.1, -0.05) is 22.8 Å². The number of aromatic nitrogens is 3. The number of likely N-dealkylation sites (N-methyl/N-ethyl adjacent to an activating group) is 1. The number of aromatic amines is 1. The molecule has 6 nitrogen and oxygen atoms in total. The molecule has 0 spiro atoms. The van der Waals surface area contributed by atoms with Crippen LogP contribution in [0.15, 0.2) is 35.2 Å². The van der Waals surface area contributed by atoms with Crippen LogP contribution in [0, 0.1) is 0 Å². The smallest absolute Gasteiger partial charge is 0.270 e. The van der Waals surface area contributed by atoms with Gasteiger partial charge in [0.1, 0.15) is 5.69 Å². The van der Waals surface area contributed by atoms with Crippen molar-refractivity contribution in [3.63, 3.8) is 0 Å². The van der Waals surface area contributed by atoms with Gasteiger partial charge in [0.2, 0.25) is 6.39 Å². The number of nitrogens with zero attached hydrogens (tertiary/aromatic N) is 3. The summed E-state index contributed by atoms with van der Waals surface area (Å²) in [6, 6.07) is 7.30. The second-order valence-corrected chi connectivity index (χ2v) is 5.12. The summed E-state index contributed by atoms with van der Waals surface area (Å²) >= 11 is 6.11. The van der Waals surface area contributed by atoms with Crippen molar-refractivity contribution < 1.29 is 9.32 Å². The Balaban J connectivity index is 1.75. The highest BCUT2D eigenvalue weighted by atomic mass is 35.5. The van der Waals surface area contributed by atoms with E-state index >= 15 is 0 Å². The van der Waals surface area contributed by atoms with Gasteiger partial charge in [-0.05, 0) is 18.2 Å². The molecule has 2 aromatic heterocycles. The lowest BCUT2D eigenvalue weighted by atomic mass is 10.2. The summed E-state index contributed by atoms with van der Waals surface area (Å²) < 4.78 is 4.66. The third-order valence-corrected chi connectivity index (χ3v) is 3.60. The largest absolute Gasteiger partial charge is 0.350 e. The molecule has 0 aliphatic rings. The van der Waals surface area contributed by atoms with E-state index in [0.29, 0.717) is 29.5 Å². The minimum atomic E-state index is -0.106. The standard InChI is InChI=1S/C14H13ClN4O2/c1-19(6-5-13-16-8-21-18-13)14(20)12-7-9-10(15)3-2-4-11(9)17-12/h2-4,7-8,17H,5-6H2,1H3. The zero-order chi connectivity index (χ0) is 14.8. The second-order valence-electron chi connectivity index (χ2n) is 4.71. The van der Waals surface area contributed by atoms with Crippen molar-refractivity contribution in [3.05, 3.63) is 47.2 Å². The van der Waals surface area contributed by atoms with E-state index in [1.807, 2.05) is 12.1 Å². The van der Waals surface area contributed by atoms with Crippen molar-refractivity contribution >= 4 is 28.4 Å². The maximum atomic E-state index is 12.4. The monoisotopic (exact) mass is 304 g/mol. The van der Waals surface area contributed by atoms with E-state index in [0.717, 1.165) is 10.9 Å². The van der Waals surface area contributed by atoms with Gasteiger partial charge in [-0.3, -0.25) is 4.79 Å². The number of nitrogens with one attached hydrogen (secondary N) is 1. The van der Waals surface area contributed by atoms with Crippen molar-refractivity contribution in [2.75, 3.05) is 13.6 Å². The van der Waals surface area contributed by atoms with Crippen LogP contribution in [0.25, 0.3) is 10.9 Å². The lowest BCUT2D eigenvalue weighted by Crippen LogP contribution is -2.29. The van der Waals surface area contributed by atoms with Gasteiger partial charge in [-0.25, -0.2) is 0 Å². The Morgan fingerprint density at radius 2 is 2.33 bits per heavy atom. The fourth-order valence-corrected chi connectivity index (χ4v) is 2.34. The van der Waals surface area contributed by atoms with Crippen LogP contribution in [0.2, 0.25) is 5.02 Å². The molecule has 7 heteroatoms. The van der Waals surface area contributed by atoms with Gasteiger partial charge in [0.05, 0.1) is 0 Å². The lowest BCUT2D eigenvalue weighted by Gasteiger charge is -2.14. The predicted molar refractivity (Wildman–Crippen MR) is 78.3 cm³/mol. The molecule has 1 aromatic carbocycles. The zero-order valence-electron chi connectivity index (χ0n) is 11.3. The van der Waals surface area contributed by atoms with Gasteiger partial charge in [-0.15, -0.1) is 0 Å². The topological polar surface area (TPSA) is 75.0 Å². The third-order valence-electron chi connectivity index (χ3n) is 3.27. The van der Waals surface area contributed by atoms with Crippen molar-refractivity contribution in [2.24, 2.45) is 0 Å². The lowest BCUT2D eigenvalue weighted by molar-refractivity contribution is 0.0791. The molecule has 0 fully saturated rings. The van der Waals surface area contributed by atoms with Crippen LogP contribution >= 0.6 is 11.6 Å². The number of fused-ring (bicyclic) bond motifs is 1. The molecule has 21 heavy (non-hydrogen) atoms. The molecule has 2 heterocycles. The molecule has 0 saturated carbocycles. The average Bonchev–Trinajstić information content (AvgIpc) is 3.13. The average molecular weight is 305 g/mol. The number of hydrogen-bond donors (Lipinski definition) is 1. The minimum absolute atomic E-state index is 0.106. The van der Waals surface area contributed by atoms with Gasteiger partial charge in [0.25, 0.3) is 5.91 Å². The zero-order valence-corrected chi connectivity index (χ0v) is 12.1. The maximum Gasteiger partial charge on any atom is 0.270 e.